The Kier molecular flexibility index (Phi) is 3.79. The first-order valence-electron chi connectivity index (χ1n) is 5.65. The van der Waals surface area contributed by atoms with Gasteiger partial charge in [-0.15, -0.1) is 0 Å². The van der Waals surface area contributed by atoms with Crippen molar-refractivity contribution in [2.24, 2.45) is 12.8 Å². The number of hydrogen-bond donors (Lipinski definition) is 1. The highest BCUT2D eigenvalue weighted by Gasteiger charge is 2.19. The van der Waals surface area contributed by atoms with Crippen LogP contribution in [0.1, 0.15) is 21.6 Å². The van der Waals surface area contributed by atoms with Gasteiger partial charge in [0.15, 0.2) is 0 Å². The van der Waals surface area contributed by atoms with Crippen LogP contribution >= 0.6 is 11.6 Å². The Balaban J connectivity index is 2.46. The van der Waals surface area contributed by atoms with E-state index >= 15 is 0 Å². The van der Waals surface area contributed by atoms with Crippen molar-refractivity contribution >= 4 is 17.4 Å². The second kappa shape index (κ2) is 5.33. The second-order valence-corrected chi connectivity index (χ2v) is 4.40. The lowest BCUT2D eigenvalue weighted by Gasteiger charge is -2.08. The molecule has 0 fully saturated rings. The van der Waals surface area contributed by atoms with Gasteiger partial charge in [0.25, 0.3) is 0 Å². The molecule has 5 heteroatoms. The van der Waals surface area contributed by atoms with Crippen molar-refractivity contribution < 1.29 is 4.79 Å². The fraction of sp³-hybridized carbons (Fsp3) is 0.231. The van der Waals surface area contributed by atoms with Gasteiger partial charge in [0.05, 0.1) is 11.2 Å². The van der Waals surface area contributed by atoms with Crippen LogP contribution in [0, 0.1) is 0 Å². The minimum Gasteiger partial charge on any atom is -0.330 e. The third kappa shape index (κ3) is 2.30. The Morgan fingerprint density at radius 2 is 2.17 bits per heavy atom. The summed E-state index contributed by atoms with van der Waals surface area (Å²) in [6.07, 6.45) is 2.14. The van der Waals surface area contributed by atoms with E-state index in [-0.39, 0.29) is 5.78 Å². The number of carbonyl (C=O) groups is 1. The highest BCUT2D eigenvalue weighted by Crippen LogP contribution is 2.20. The van der Waals surface area contributed by atoms with Gasteiger partial charge >= 0.3 is 0 Å². The van der Waals surface area contributed by atoms with Gasteiger partial charge in [-0.1, -0.05) is 35.9 Å². The van der Waals surface area contributed by atoms with Gasteiger partial charge in [0, 0.05) is 12.6 Å². The Morgan fingerprint density at radius 1 is 1.44 bits per heavy atom. The number of aromatic nitrogens is 2. The standard InChI is InChI=1S/C13H14ClN3O/c1-17-12(11(14)8-16-17)13(18)10-5-3-2-4-9(10)6-7-15/h2-5,8H,6-7,15H2,1H3. The van der Waals surface area contributed by atoms with Gasteiger partial charge in [-0.2, -0.15) is 5.10 Å². The molecule has 0 atom stereocenters. The number of nitrogens with zero attached hydrogens (tertiary/aromatic N) is 2. The molecule has 2 aromatic rings. The minimum absolute atomic E-state index is 0.121. The van der Waals surface area contributed by atoms with Crippen LogP contribution in [-0.2, 0) is 13.5 Å². The summed E-state index contributed by atoms with van der Waals surface area (Å²) >= 11 is 5.99. The van der Waals surface area contributed by atoms with Crippen LogP contribution in [0.25, 0.3) is 0 Å². The molecule has 0 unspecified atom stereocenters. The number of rotatable bonds is 4. The van der Waals surface area contributed by atoms with Crippen LogP contribution < -0.4 is 5.73 Å². The first kappa shape index (κ1) is 12.8. The average molecular weight is 264 g/mol. The van der Waals surface area contributed by atoms with Crippen LogP contribution in [0.3, 0.4) is 0 Å². The monoisotopic (exact) mass is 263 g/mol. The molecule has 1 heterocycles. The van der Waals surface area contributed by atoms with E-state index in [0.29, 0.717) is 29.2 Å². The molecular weight excluding hydrogens is 250 g/mol. The van der Waals surface area contributed by atoms with E-state index < -0.39 is 0 Å². The van der Waals surface area contributed by atoms with Crippen molar-refractivity contribution in [3.8, 4) is 0 Å². The second-order valence-electron chi connectivity index (χ2n) is 3.99. The quantitative estimate of drug-likeness (QED) is 0.856. The lowest BCUT2D eigenvalue weighted by Crippen LogP contribution is -2.13. The number of carbonyl (C=O) groups excluding carboxylic acids is 1. The molecular formula is C13H14ClN3O. The van der Waals surface area contributed by atoms with Crippen LogP contribution in [-0.4, -0.2) is 22.1 Å². The molecule has 0 amide bonds. The van der Waals surface area contributed by atoms with Crippen molar-refractivity contribution in [3.63, 3.8) is 0 Å². The highest BCUT2D eigenvalue weighted by molar-refractivity contribution is 6.34. The Bertz CT molecular complexity index is 558. The SMILES string of the molecule is Cn1ncc(Cl)c1C(=O)c1ccccc1CCN. The van der Waals surface area contributed by atoms with Gasteiger partial charge in [-0.25, -0.2) is 0 Å². The van der Waals surface area contributed by atoms with E-state index in [9.17, 15) is 4.79 Å². The molecule has 0 saturated carbocycles. The van der Waals surface area contributed by atoms with Crippen molar-refractivity contribution in [1.29, 1.82) is 0 Å². The maximum atomic E-state index is 12.5. The highest BCUT2D eigenvalue weighted by atomic mass is 35.5. The lowest BCUT2D eigenvalue weighted by atomic mass is 9.99. The van der Waals surface area contributed by atoms with E-state index in [4.69, 9.17) is 17.3 Å². The third-order valence-corrected chi connectivity index (χ3v) is 3.06. The smallest absolute Gasteiger partial charge is 0.212 e. The number of aryl methyl sites for hydroxylation is 1. The molecule has 0 saturated heterocycles. The number of ketones is 1. The largest absolute Gasteiger partial charge is 0.330 e. The summed E-state index contributed by atoms with van der Waals surface area (Å²) in [7, 11) is 1.70. The number of nitrogens with two attached hydrogens (primary N) is 1. The van der Waals surface area contributed by atoms with E-state index in [2.05, 4.69) is 5.10 Å². The molecule has 94 valence electrons. The van der Waals surface area contributed by atoms with Crippen molar-refractivity contribution in [1.82, 2.24) is 9.78 Å². The number of hydrogen-bond acceptors (Lipinski definition) is 3. The van der Waals surface area contributed by atoms with Gasteiger partial charge in [0.2, 0.25) is 5.78 Å². The molecule has 0 aliphatic heterocycles. The molecule has 4 nitrogen and oxygen atoms in total. The Labute approximate surface area is 110 Å². The first-order valence-corrected chi connectivity index (χ1v) is 6.03. The van der Waals surface area contributed by atoms with Crippen LogP contribution in [0.4, 0.5) is 0 Å². The summed E-state index contributed by atoms with van der Waals surface area (Å²) < 4.78 is 1.49. The molecule has 1 aromatic heterocycles. The van der Waals surface area contributed by atoms with Gasteiger partial charge in [-0.3, -0.25) is 9.48 Å². The van der Waals surface area contributed by atoms with E-state index in [0.717, 1.165) is 5.56 Å². The molecule has 18 heavy (non-hydrogen) atoms. The minimum atomic E-state index is -0.121. The van der Waals surface area contributed by atoms with Gasteiger partial charge in [0.1, 0.15) is 5.69 Å². The molecule has 2 N–H and O–H groups in total. The summed E-state index contributed by atoms with van der Waals surface area (Å²) in [5, 5.41) is 4.34. The lowest BCUT2D eigenvalue weighted by molar-refractivity contribution is 0.102. The maximum absolute atomic E-state index is 12.5. The van der Waals surface area contributed by atoms with Crippen molar-refractivity contribution in [3.05, 3.63) is 52.3 Å². The van der Waals surface area contributed by atoms with E-state index in [1.165, 1.54) is 10.9 Å². The van der Waals surface area contributed by atoms with Crippen LogP contribution in [0.2, 0.25) is 5.02 Å². The average Bonchev–Trinajstić information content (AvgIpc) is 2.69. The summed E-state index contributed by atoms with van der Waals surface area (Å²) in [6, 6.07) is 7.42. The molecule has 0 aliphatic carbocycles. The number of halogens is 1. The molecule has 0 spiro atoms. The Hall–Kier alpha value is -1.65. The summed E-state index contributed by atoms with van der Waals surface area (Å²) in [5.41, 5.74) is 7.52. The zero-order valence-electron chi connectivity index (χ0n) is 10.1. The molecule has 2 rings (SSSR count). The molecule has 1 aromatic carbocycles. The van der Waals surface area contributed by atoms with Gasteiger partial charge < -0.3 is 5.73 Å². The Morgan fingerprint density at radius 3 is 2.78 bits per heavy atom. The molecule has 0 bridgehead atoms. The first-order chi connectivity index (χ1) is 8.65. The zero-order valence-corrected chi connectivity index (χ0v) is 10.8. The predicted molar refractivity (Wildman–Crippen MR) is 70.9 cm³/mol. The summed E-state index contributed by atoms with van der Waals surface area (Å²) in [6.45, 7) is 0.503. The molecule has 0 radical (unpaired) electrons. The van der Waals surface area contributed by atoms with Gasteiger partial charge in [-0.05, 0) is 18.5 Å². The fourth-order valence-electron chi connectivity index (χ4n) is 1.91. The normalized spacial score (nSPS) is 10.6. The van der Waals surface area contributed by atoms with Crippen molar-refractivity contribution in [2.45, 2.75) is 6.42 Å². The zero-order chi connectivity index (χ0) is 13.1. The molecule has 0 aliphatic rings. The topological polar surface area (TPSA) is 60.9 Å². The number of benzene rings is 1. The maximum Gasteiger partial charge on any atom is 0.212 e. The van der Waals surface area contributed by atoms with Crippen LogP contribution in [0.5, 0.6) is 0 Å². The van der Waals surface area contributed by atoms with Crippen molar-refractivity contribution in [2.75, 3.05) is 6.54 Å². The van der Waals surface area contributed by atoms with E-state index in [1.54, 1.807) is 13.1 Å². The van der Waals surface area contributed by atoms with E-state index in [1.807, 2.05) is 18.2 Å². The predicted octanol–water partition coefficient (Wildman–Crippen LogP) is 1.81. The fourth-order valence-corrected chi connectivity index (χ4v) is 2.16. The summed E-state index contributed by atoms with van der Waals surface area (Å²) in [5.74, 6) is -0.121. The summed E-state index contributed by atoms with van der Waals surface area (Å²) in [4.78, 5) is 12.5. The third-order valence-electron chi connectivity index (χ3n) is 2.78. The van der Waals surface area contributed by atoms with Crippen LogP contribution in [0.15, 0.2) is 30.5 Å².